The van der Waals surface area contributed by atoms with Crippen molar-refractivity contribution in [3.05, 3.63) is 80.8 Å². The van der Waals surface area contributed by atoms with Gasteiger partial charge in [-0.15, -0.1) is 0 Å². The van der Waals surface area contributed by atoms with E-state index >= 15 is 0 Å². The van der Waals surface area contributed by atoms with Gasteiger partial charge in [0.1, 0.15) is 23.0 Å². The highest BCUT2D eigenvalue weighted by Gasteiger charge is 2.36. The Morgan fingerprint density at radius 1 is 0.923 bits per heavy atom. The summed E-state index contributed by atoms with van der Waals surface area (Å²) in [4.78, 5) is 1.61. The van der Waals surface area contributed by atoms with Crippen LogP contribution in [0.3, 0.4) is 0 Å². The average Bonchev–Trinajstić information content (AvgIpc) is 3.36. The van der Waals surface area contributed by atoms with Gasteiger partial charge in [0, 0.05) is 11.6 Å². The molecule has 0 saturated carbocycles. The highest BCUT2D eigenvalue weighted by Crippen LogP contribution is 2.40. The summed E-state index contributed by atoms with van der Waals surface area (Å²) in [5.74, 6) is 0.394. The number of hydrogen-bond donors (Lipinski definition) is 1. The van der Waals surface area contributed by atoms with Crippen LogP contribution in [0.5, 0.6) is 11.5 Å². The van der Waals surface area contributed by atoms with E-state index in [4.69, 9.17) is 39.5 Å². The summed E-state index contributed by atoms with van der Waals surface area (Å²) in [5.41, 5.74) is -0.693. The van der Waals surface area contributed by atoms with Crippen LogP contribution in [-0.4, -0.2) is 44.7 Å². The second kappa shape index (κ2) is 12.0. The summed E-state index contributed by atoms with van der Waals surface area (Å²) in [6.45, 7) is 2.96. The lowest BCUT2D eigenvalue weighted by molar-refractivity contribution is -0.137. The van der Waals surface area contributed by atoms with E-state index in [1.165, 1.54) is 30.3 Å². The van der Waals surface area contributed by atoms with Crippen LogP contribution in [0.1, 0.15) is 24.0 Å². The van der Waals surface area contributed by atoms with Crippen LogP contribution in [0.15, 0.2) is 59.5 Å². The lowest BCUT2D eigenvalue weighted by Gasteiger charge is -2.26. The zero-order valence-electron chi connectivity index (χ0n) is 20.4. The van der Waals surface area contributed by atoms with E-state index < -0.39 is 36.7 Å². The number of sulfonamides is 1. The molecule has 1 saturated heterocycles. The molecule has 0 amide bonds. The summed E-state index contributed by atoms with van der Waals surface area (Å²) in [6, 6.07) is 11.2. The quantitative estimate of drug-likeness (QED) is 0.272. The number of halogens is 6. The van der Waals surface area contributed by atoms with Crippen molar-refractivity contribution in [2.24, 2.45) is 0 Å². The zero-order valence-corrected chi connectivity index (χ0v) is 23.5. The second-order valence-corrected chi connectivity index (χ2v) is 12.0. The van der Waals surface area contributed by atoms with Gasteiger partial charge in [0.25, 0.3) is 10.0 Å². The number of nitrogens with zero attached hydrogens (tertiary/aromatic N) is 2. The van der Waals surface area contributed by atoms with Crippen molar-refractivity contribution in [2.45, 2.75) is 30.5 Å². The van der Waals surface area contributed by atoms with Crippen molar-refractivity contribution >= 4 is 50.5 Å². The maximum absolute atomic E-state index is 13.9. The smallest absolute Gasteiger partial charge is 0.416 e. The number of anilines is 1. The summed E-state index contributed by atoms with van der Waals surface area (Å²) in [6.07, 6.45) is -2.45. The van der Waals surface area contributed by atoms with Crippen molar-refractivity contribution in [3.8, 4) is 11.5 Å². The van der Waals surface area contributed by atoms with E-state index in [1.54, 1.807) is 12.1 Å². The number of alkyl halides is 3. The predicted octanol–water partition coefficient (Wildman–Crippen LogP) is 7.24. The fraction of sp³-hybridized carbons (Fsp3) is 0.308. The van der Waals surface area contributed by atoms with Crippen molar-refractivity contribution in [1.29, 1.82) is 0 Å². The van der Waals surface area contributed by atoms with Crippen LogP contribution in [0.2, 0.25) is 15.1 Å². The largest absolute Gasteiger partial charge is 0.508 e. The maximum Gasteiger partial charge on any atom is 0.416 e. The molecule has 39 heavy (non-hydrogen) atoms. The van der Waals surface area contributed by atoms with Crippen molar-refractivity contribution in [1.82, 2.24) is 4.90 Å². The summed E-state index contributed by atoms with van der Waals surface area (Å²) < 4.78 is 74.2. The third-order valence-electron chi connectivity index (χ3n) is 6.22. The van der Waals surface area contributed by atoms with Gasteiger partial charge in [-0.25, -0.2) is 8.42 Å². The number of likely N-dealkylation sites (tertiary alicyclic amines) is 1. The van der Waals surface area contributed by atoms with Crippen molar-refractivity contribution in [3.63, 3.8) is 0 Å². The van der Waals surface area contributed by atoms with Crippen LogP contribution in [-0.2, 0) is 22.7 Å². The molecule has 3 aromatic carbocycles. The minimum Gasteiger partial charge on any atom is -0.508 e. The summed E-state index contributed by atoms with van der Waals surface area (Å²) in [7, 11) is -4.61. The monoisotopic (exact) mass is 622 g/mol. The first kappa shape index (κ1) is 29.6. The molecule has 1 fully saturated rings. The molecule has 1 aliphatic heterocycles. The van der Waals surface area contributed by atoms with Crippen molar-refractivity contribution < 1.29 is 31.4 Å². The van der Waals surface area contributed by atoms with E-state index in [0.717, 1.165) is 36.8 Å². The number of hydrogen-bond acceptors (Lipinski definition) is 5. The Bertz CT molecular complexity index is 1410. The molecule has 3 aromatic rings. The van der Waals surface area contributed by atoms with Crippen LogP contribution in [0.4, 0.5) is 18.9 Å². The molecule has 0 radical (unpaired) electrons. The van der Waals surface area contributed by atoms with Crippen LogP contribution in [0.25, 0.3) is 0 Å². The zero-order chi connectivity index (χ0) is 28.4. The van der Waals surface area contributed by atoms with E-state index in [-0.39, 0.29) is 23.0 Å². The Morgan fingerprint density at radius 3 is 2.10 bits per heavy atom. The molecule has 0 spiro atoms. The van der Waals surface area contributed by atoms with Gasteiger partial charge in [-0.3, -0.25) is 9.21 Å². The second-order valence-electron chi connectivity index (χ2n) is 8.95. The maximum atomic E-state index is 13.9. The topological polar surface area (TPSA) is 70.1 Å². The van der Waals surface area contributed by atoms with E-state index in [1.807, 2.05) is 0 Å². The molecule has 210 valence electrons. The van der Waals surface area contributed by atoms with Gasteiger partial charge in [0.05, 0.1) is 27.8 Å². The van der Waals surface area contributed by atoms with Crippen molar-refractivity contribution in [2.75, 3.05) is 30.5 Å². The Labute approximate surface area is 239 Å². The van der Waals surface area contributed by atoms with E-state index in [0.29, 0.717) is 30.1 Å². The summed E-state index contributed by atoms with van der Waals surface area (Å²) >= 11 is 18.4. The molecule has 0 bridgehead atoms. The normalized spacial score (nSPS) is 14.5. The standard InChI is InChI=1S/C26H24Cl3F3N2O4S/c27-22-15-20(35)6-3-17(22)16-34(19-4-7-21(8-5-19)38-12-11-33-9-1-2-10-33)39(36,37)25-23(28)13-18(14-24(25)29)26(30,31)32/h3-8,13-15,35H,1-2,9-12,16H2. The SMILES string of the molecule is O=S(=O)(c1c(Cl)cc(C(F)(F)F)cc1Cl)N(Cc1ccc(O)cc1Cl)c1ccc(OCCN2CCCC2)cc1. The first-order chi connectivity index (χ1) is 18.4. The molecular formula is C26H24Cl3F3N2O4S. The third-order valence-corrected chi connectivity index (χ3v) is 9.27. The van der Waals surface area contributed by atoms with Gasteiger partial charge in [0.2, 0.25) is 0 Å². The Hall–Kier alpha value is -2.37. The molecule has 1 heterocycles. The lowest BCUT2D eigenvalue weighted by atomic mass is 10.2. The van der Waals surface area contributed by atoms with Gasteiger partial charge in [0.15, 0.2) is 0 Å². The van der Waals surface area contributed by atoms with E-state index in [9.17, 15) is 26.7 Å². The molecular weight excluding hydrogens is 600 g/mol. The number of benzene rings is 3. The highest BCUT2D eigenvalue weighted by molar-refractivity contribution is 7.93. The van der Waals surface area contributed by atoms with Gasteiger partial charge >= 0.3 is 6.18 Å². The fourth-order valence-electron chi connectivity index (χ4n) is 4.22. The van der Waals surface area contributed by atoms with Crippen LogP contribution >= 0.6 is 34.8 Å². The Kier molecular flexibility index (Phi) is 9.12. The predicted molar refractivity (Wildman–Crippen MR) is 146 cm³/mol. The van der Waals surface area contributed by atoms with Gasteiger partial charge in [-0.1, -0.05) is 40.9 Å². The van der Waals surface area contributed by atoms with Crippen LogP contribution < -0.4 is 9.04 Å². The molecule has 0 unspecified atom stereocenters. The molecule has 0 aromatic heterocycles. The van der Waals surface area contributed by atoms with E-state index in [2.05, 4.69) is 4.90 Å². The number of phenols is 1. The fourth-order valence-corrected chi connectivity index (χ4v) is 7.07. The Balaban J connectivity index is 1.68. The molecule has 0 aliphatic carbocycles. The van der Waals surface area contributed by atoms with Gasteiger partial charge in [-0.2, -0.15) is 13.2 Å². The van der Waals surface area contributed by atoms with Crippen LogP contribution in [0, 0.1) is 0 Å². The Morgan fingerprint density at radius 2 is 1.54 bits per heavy atom. The first-order valence-corrected chi connectivity index (χ1v) is 14.5. The number of rotatable bonds is 9. The number of ether oxygens (including phenoxy) is 1. The molecule has 13 heteroatoms. The van der Waals surface area contributed by atoms with Gasteiger partial charge in [-0.05, 0) is 80.0 Å². The lowest BCUT2D eigenvalue weighted by Crippen LogP contribution is -2.31. The number of aromatic hydroxyl groups is 1. The minimum atomic E-state index is -4.78. The molecule has 1 aliphatic rings. The van der Waals surface area contributed by atoms with Gasteiger partial charge < -0.3 is 9.84 Å². The third kappa shape index (κ3) is 7.05. The average molecular weight is 624 g/mol. The minimum absolute atomic E-state index is 0.0849. The molecule has 1 N–H and O–H groups in total. The molecule has 4 rings (SSSR count). The first-order valence-electron chi connectivity index (χ1n) is 11.9. The summed E-state index contributed by atoms with van der Waals surface area (Å²) in [5, 5.41) is 8.42. The molecule has 0 atom stereocenters. The molecule has 6 nitrogen and oxygen atoms in total. The highest BCUT2D eigenvalue weighted by atomic mass is 35.5. The number of phenolic OH excluding ortho intramolecular Hbond substituents is 1.